The van der Waals surface area contributed by atoms with Crippen molar-refractivity contribution in [1.29, 1.82) is 0 Å². The van der Waals surface area contributed by atoms with Crippen molar-refractivity contribution in [3.63, 3.8) is 0 Å². The van der Waals surface area contributed by atoms with Gasteiger partial charge in [-0.2, -0.15) is 0 Å². The lowest BCUT2D eigenvalue weighted by Gasteiger charge is -2.30. The second kappa shape index (κ2) is 10.6. The molecule has 1 aliphatic carbocycles. The molecule has 0 spiro atoms. The number of halogens is 1. The number of nitro benzene ring substituents is 1. The molecule has 1 saturated heterocycles. The Bertz CT molecular complexity index is 1410. The number of carbonyl (C=O) groups is 1. The Labute approximate surface area is 217 Å². The fourth-order valence-electron chi connectivity index (χ4n) is 4.57. The van der Waals surface area contributed by atoms with Crippen molar-refractivity contribution >= 4 is 40.3 Å². The molecule has 0 radical (unpaired) electrons. The van der Waals surface area contributed by atoms with Crippen LogP contribution in [-0.2, 0) is 4.79 Å². The fraction of sp³-hybridized carbons (Fsp3) is 0.259. The molecule has 3 aromatic rings. The zero-order chi connectivity index (χ0) is 25.9. The van der Waals surface area contributed by atoms with Crippen molar-refractivity contribution in [3.8, 4) is 17.1 Å². The molecule has 37 heavy (non-hydrogen) atoms. The predicted molar refractivity (Wildman–Crippen MR) is 140 cm³/mol. The average Bonchev–Trinajstić information content (AvgIpc) is 3.49. The first-order valence-electron chi connectivity index (χ1n) is 11.9. The summed E-state index contributed by atoms with van der Waals surface area (Å²) in [6.07, 6.45) is 6.50. The maximum Gasteiger partial charge on any atom is 0.284 e. The molecule has 2 aliphatic rings. The Morgan fingerprint density at radius 1 is 1.16 bits per heavy atom. The molecular formula is C27H24FN3O5S. The lowest BCUT2D eigenvalue weighted by atomic mass is 9.94. The van der Waals surface area contributed by atoms with E-state index in [2.05, 4.69) is 4.99 Å². The number of nitrogens with zero attached hydrogens (tertiary/aromatic N) is 3. The number of rotatable bonds is 6. The Kier molecular flexibility index (Phi) is 7.09. The number of furan rings is 1. The number of thioether (sulfide) groups is 1. The van der Waals surface area contributed by atoms with E-state index in [1.54, 1.807) is 53.4 Å². The summed E-state index contributed by atoms with van der Waals surface area (Å²) < 4.78 is 25.3. The van der Waals surface area contributed by atoms with Crippen molar-refractivity contribution < 1.29 is 23.3 Å². The second-order valence-electron chi connectivity index (χ2n) is 8.77. The lowest BCUT2D eigenvalue weighted by molar-refractivity contribution is -0.384. The van der Waals surface area contributed by atoms with Crippen LogP contribution in [0.3, 0.4) is 0 Å². The van der Waals surface area contributed by atoms with Crippen molar-refractivity contribution in [2.75, 3.05) is 7.11 Å². The van der Waals surface area contributed by atoms with Crippen LogP contribution in [0.2, 0.25) is 0 Å². The Balaban J connectivity index is 1.48. The number of carbonyl (C=O) groups excluding carboxylic acids is 1. The van der Waals surface area contributed by atoms with Gasteiger partial charge < -0.3 is 9.15 Å². The van der Waals surface area contributed by atoms with Crippen LogP contribution >= 0.6 is 11.8 Å². The van der Waals surface area contributed by atoms with Crippen molar-refractivity contribution in [2.45, 2.75) is 38.1 Å². The summed E-state index contributed by atoms with van der Waals surface area (Å²) >= 11 is 1.17. The Hall–Kier alpha value is -3.92. The SMILES string of the molecule is COc1ccc(-c2ccc(/C=C3\SC(=Nc4ccccc4F)N(C4CCCCC4)C3=O)o2)c([N+](=O)[O-])c1. The third-order valence-electron chi connectivity index (χ3n) is 6.41. The van der Waals surface area contributed by atoms with Gasteiger partial charge in [0.1, 0.15) is 28.8 Å². The first kappa shape index (κ1) is 24.8. The standard InChI is InChI=1S/C27H24FN3O5S/c1-35-18-11-13-20(23(15-18)31(33)34)24-14-12-19(36-24)16-25-26(32)30(17-7-3-2-4-8-17)27(37-25)29-22-10-6-5-9-21(22)28/h5-6,9-17H,2-4,7-8H2,1H3/b25-16-,29-27?. The third-order valence-corrected chi connectivity index (χ3v) is 7.40. The van der Waals surface area contributed by atoms with Crippen LogP contribution in [0.25, 0.3) is 17.4 Å². The highest BCUT2D eigenvalue weighted by Gasteiger charge is 2.39. The van der Waals surface area contributed by atoms with Gasteiger partial charge in [-0.25, -0.2) is 9.38 Å². The number of hydrogen-bond donors (Lipinski definition) is 0. The molecule has 190 valence electrons. The summed E-state index contributed by atoms with van der Waals surface area (Å²) in [5.74, 6) is 0.357. The number of ether oxygens (including phenoxy) is 1. The van der Waals surface area contributed by atoms with Gasteiger partial charge in [0.2, 0.25) is 0 Å². The number of benzene rings is 2. The van der Waals surface area contributed by atoms with Crippen LogP contribution in [0.5, 0.6) is 5.75 Å². The second-order valence-corrected chi connectivity index (χ2v) is 9.77. The van der Waals surface area contributed by atoms with Crippen molar-refractivity contribution in [1.82, 2.24) is 4.90 Å². The van der Waals surface area contributed by atoms with E-state index in [0.29, 0.717) is 32.9 Å². The van der Waals surface area contributed by atoms with Crippen molar-refractivity contribution in [3.05, 3.63) is 81.2 Å². The Morgan fingerprint density at radius 2 is 1.95 bits per heavy atom. The summed E-state index contributed by atoms with van der Waals surface area (Å²) in [7, 11) is 1.44. The molecule has 2 fully saturated rings. The van der Waals surface area contributed by atoms with Crippen LogP contribution in [0.15, 0.2) is 68.9 Å². The maximum atomic E-state index is 14.3. The normalized spacial score (nSPS) is 18.6. The molecule has 1 saturated carbocycles. The molecule has 2 heterocycles. The van der Waals surface area contributed by atoms with E-state index in [1.807, 2.05) is 0 Å². The van der Waals surface area contributed by atoms with Crippen LogP contribution < -0.4 is 4.74 Å². The number of amides is 1. The minimum absolute atomic E-state index is 0.000663. The quantitative estimate of drug-likeness (QED) is 0.198. The number of nitro groups is 1. The van der Waals surface area contributed by atoms with Crippen LogP contribution in [0.4, 0.5) is 15.8 Å². The number of amidine groups is 1. The van der Waals surface area contributed by atoms with E-state index < -0.39 is 10.7 Å². The summed E-state index contributed by atoms with van der Waals surface area (Å²) in [6, 6.07) is 14.0. The molecular weight excluding hydrogens is 497 g/mol. The largest absolute Gasteiger partial charge is 0.497 e. The van der Waals surface area contributed by atoms with Gasteiger partial charge in [0, 0.05) is 12.1 Å². The maximum absolute atomic E-state index is 14.3. The molecule has 1 amide bonds. The van der Waals surface area contributed by atoms with Gasteiger partial charge in [-0.1, -0.05) is 31.4 Å². The smallest absolute Gasteiger partial charge is 0.284 e. The lowest BCUT2D eigenvalue weighted by Crippen LogP contribution is -2.40. The molecule has 10 heteroatoms. The molecule has 8 nitrogen and oxygen atoms in total. The molecule has 1 aromatic heterocycles. The van der Waals surface area contributed by atoms with E-state index in [1.165, 1.54) is 31.0 Å². The van der Waals surface area contributed by atoms with Gasteiger partial charge >= 0.3 is 0 Å². The molecule has 5 rings (SSSR count). The summed E-state index contributed by atoms with van der Waals surface area (Å²) in [5.41, 5.74) is 0.320. The predicted octanol–water partition coefficient (Wildman–Crippen LogP) is 6.94. The molecule has 1 aliphatic heterocycles. The van der Waals surface area contributed by atoms with Gasteiger partial charge in [0.05, 0.1) is 28.6 Å². The third kappa shape index (κ3) is 5.15. The van der Waals surface area contributed by atoms with E-state index in [4.69, 9.17) is 9.15 Å². The number of para-hydroxylation sites is 1. The molecule has 0 N–H and O–H groups in total. The number of methoxy groups -OCH3 is 1. The van der Waals surface area contributed by atoms with Gasteiger partial charge in [0.15, 0.2) is 5.17 Å². The van der Waals surface area contributed by atoms with Gasteiger partial charge in [0.25, 0.3) is 11.6 Å². The summed E-state index contributed by atoms with van der Waals surface area (Å²) in [4.78, 5) is 31.2. The van der Waals surface area contributed by atoms with Gasteiger partial charge in [-0.3, -0.25) is 19.8 Å². The fourth-order valence-corrected chi connectivity index (χ4v) is 5.61. The minimum Gasteiger partial charge on any atom is -0.497 e. The zero-order valence-corrected chi connectivity index (χ0v) is 20.9. The Morgan fingerprint density at radius 3 is 2.68 bits per heavy atom. The van der Waals surface area contributed by atoms with Gasteiger partial charge in [-0.05, 0) is 61.0 Å². The summed E-state index contributed by atoms with van der Waals surface area (Å²) in [5, 5.41) is 12.0. The first-order chi connectivity index (χ1) is 17.9. The van der Waals surface area contributed by atoms with Crippen LogP contribution in [0.1, 0.15) is 37.9 Å². The molecule has 0 atom stereocenters. The highest BCUT2D eigenvalue weighted by molar-refractivity contribution is 8.18. The van der Waals surface area contributed by atoms with E-state index in [-0.39, 0.29) is 23.3 Å². The van der Waals surface area contributed by atoms with Crippen LogP contribution in [-0.4, -0.2) is 34.0 Å². The van der Waals surface area contributed by atoms with Crippen LogP contribution in [0, 0.1) is 15.9 Å². The van der Waals surface area contributed by atoms with E-state index in [0.717, 1.165) is 32.1 Å². The number of hydrogen-bond acceptors (Lipinski definition) is 7. The van der Waals surface area contributed by atoms with E-state index in [9.17, 15) is 19.3 Å². The minimum atomic E-state index is -0.498. The van der Waals surface area contributed by atoms with Gasteiger partial charge in [-0.15, -0.1) is 0 Å². The summed E-state index contributed by atoms with van der Waals surface area (Å²) in [6.45, 7) is 0. The monoisotopic (exact) mass is 521 g/mol. The molecule has 2 aromatic carbocycles. The average molecular weight is 522 g/mol. The molecule has 0 unspecified atom stereocenters. The van der Waals surface area contributed by atoms with E-state index >= 15 is 0 Å². The highest BCUT2D eigenvalue weighted by atomic mass is 32.2. The topological polar surface area (TPSA) is 98.2 Å². The van der Waals surface area contributed by atoms with Crippen molar-refractivity contribution in [2.24, 2.45) is 4.99 Å². The zero-order valence-electron chi connectivity index (χ0n) is 20.1. The molecule has 0 bridgehead atoms. The first-order valence-corrected chi connectivity index (χ1v) is 12.7. The number of aliphatic imine (C=N–C) groups is 1. The highest BCUT2D eigenvalue weighted by Crippen LogP contribution is 2.40.